The summed E-state index contributed by atoms with van der Waals surface area (Å²) in [5, 5.41) is 0. The summed E-state index contributed by atoms with van der Waals surface area (Å²) in [6.07, 6.45) is 1.61. The van der Waals surface area contributed by atoms with Crippen LogP contribution in [0.15, 0.2) is 30.3 Å². The van der Waals surface area contributed by atoms with Crippen LogP contribution in [-0.4, -0.2) is 79.6 Å². The first-order chi connectivity index (χ1) is 12.0. The maximum atomic E-state index is 12.5. The van der Waals surface area contributed by atoms with E-state index in [9.17, 15) is 4.79 Å². The largest absolute Gasteiger partial charge is 0.493 e. The maximum absolute atomic E-state index is 12.5. The van der Waals surface area contributed by atoms with E-state index in [2.05, 4.69) is 37.7 Å². The van der Waals surface area contributed by atoms with Gasteiger partial charge in [-0.1, -0.05) is 18.2 Å². The predicted octanol–water partition coefficient (Wildman–Crippen LogP) is 2.33. The molecule has 1 heterocycles. The lowest BCUT2D eigenvalue weighted by molar-refractivity contribution is -0.136. The minimum atomic E-state index is 0.197. The molecule has 2 unspecified atom stereocenters. The zero-order chi connectivity index (χ0) is 18.2. The van der Waals surface area contributed by atoms with E-state index in [-0.39, 0.29) is 5.91 Å². The molecular weight excluding hydrogens is 314 g/mol. The van der Waals surface area contributed by atoms with Crippen molar-refractivity contribution in [2.75, 3.05) is 46.9 Å². The molecule has 1 amide bonds. The number of ether oxygens (including phenoxy) is 1. The molecule has 1 aliphatic heterocycles. The average molecular weight is 348 g/mol. The van der Waals surface area contributed by atoms with Crippen molar-refractivity contribution >= 4 is 5.91 Å². The van der Waals surface area contributed by atoms with Crippen molar-refractivity contribution in [3.63, 3.8) is 0 Å². The van der Waals surface area contributed by atoms with Crippen LogP contribution in [-0.2, 0) is 4.79 Å². The maximum Gasteiger partial charge on any atom is 0.226 e. The van der Waals surface area contributed by atoms with Gasteiger partial charge in [-0.15, -0.1) is 0 Å². The number of carbonyl (C=O) groups is 1. The van der Waals surface area contributed by atoms with Gasteiger partial charge < -0.3 is 14.5 Å². The number of carbonyl (C=O) groups excluding carboxylic acids is 1. The topological polar surface area (TPSA) is 36.0 Å². The first kappa shape index (κ1) is 19.7. The molecule has 5 nitrogen and oxygen atoms in total. The first-order valence-electron chi connectivity index (χ1n) is 9.33. The first-order valence-corrected chi connectivity index (χ1v) is 9.33. The predicted molar refractivity (Wildman–Crippen MR) is 102 cm³/mol. The summed E-state index contributed by atoms with van der Waals surface area (Å²) in [6, 6.07) is 10.5. The number of rotatable bonds is 8. The van der Waals surface area contributed by atoms with Crippen molar-refractivity contribution in [1.82, 2.24) is 14.7 Å². The number of hydrogen-bond donors (Lipinski definition) is 0. The number of benzene rings is 1. The van der Waals surface area contributed by atoms with Crippen LogP contribution >= 0.6 is 0 Å². The highest BCUT2D eigenvalue weighted by Gasteiger charge is 2.31. The molecule has 1 fully saturated rings. The summed E-state index contributed by atoms with van der Waals surface area (Å²) in [5.41, 5.74) is 0. The van der Waals surface area contributed by atoms with E-state index in [1.165, 1.54) is 6.42 Å². The van der Waals surface area contributed by atoms with Gasteiger partial charge in [-0.3, -0.25) is 9.69 Å². The highest BCUT2D eigenvalue weighted by Crippen LogP contribution is 2.17. The Morgan fingerprint density at radius 2 is 1.80 bits per heavy atom. The fourth-order valence-electron chi connectivity index (χ4n) is 3.50. The molecule has 1 saturated heterocycles. The van der Waals surface area contributed by atoms with Crippen LogP contribution in [0.1, 0.15) is 26.7 Å². The highest BCUT2D eigenvalue weighted by molar-refractivity contribution is 5.76. The van der Waals surface area contributed by atoms with E-state index in [0.29, 0.717) is 25.1 Å². The molecule has 25 heavy (non-hydrogen) atoms. The molecule has 1 aliphatic rings. The van der Waals surface area contributed by atoms with Crippen LogP contribution in [0.2, 0.25) is 0 Å². The minimum absolute atomic E-state index is 0.197. The Hall–Kier alpha value is -1.59. The third-order valence-electron chi connectivity index (χ3n) is 4.80. The van der Waals surface area contributed by atoms with Gasteiger partial charge in [0, 0.05) is 31.7 Å². The van der Waals surface area contributed by atoms with Gasteiger partial charge in [-0.05, 0) is 53.0 Å². The average Bonchev–Trinajstić information content (AvgIpc) is 2.57. The van der Waals surface area contributed by atoms with Crippen LogP contribution in [0.5, 0.6) is 5.75 Å². The molecule has 0 spiro atoms. The Balaban J connectivity index is 1.75. The van der Waals surface area contributed by atoms with Gasteiger partial charge in [0.2, 0.25) is 5.91 Å². The third kappa shape index (κ3) is 6.33. The lowest BCUT2D eigenvalue weighted by atomic mass is 10.1. The molecule has 0 radical (unpaired) electrons. The second kappa shape index (κ2) is 9.78. The van der Waals surface area contributed by atoms with Gasteiger partial charge in [0.25, 0.3) is 0 Å². The van der Waals surface area contributed by atoms with Crippen LogP contribution in [0.4, 0.5) is 0 Å². The number of hydrogen-bond acceptors (Lipinski definition) is 4. The van der Waals surface area contributed by atoms with Crippen molar-refractivity contribution in [3.05, 3.63) is 30.3 Å². The summed E-state index contributed by atoms with van der Waals surface area (Å²) in [5.74, 6) is 1.02. The van der Waals surface area contributed by atoms with Gasteiger partial charge in [-0.2, -0.15) is 0 Å². The van der Waals surface area contributed by atoms with Gasteiger partial charge >= 0.3 is 0 Å². The molecule has 140 valence electrons. The molecule has 0 aromatic heterocycles. The molecule has 1 aromatic carbocycles. The van der Waals surface area contributed by atoms with Crippen LogP contribution in [0.25, 0.3) is 0 Å². The monoisotopic (exact) mass is 347 g/mol. The Bertz CT molecular complexity index is 509. The van der Waals surface area contributed by atoms with Gasteiger partial charge in [0.05, 0.1) is 13.0 Å². The lowest BCUT2D eigenvalue weighted by Gasteiger charge is -2.44. The van der Waals surface area contributed by atoms with E-state index >= 15 is 0 Å². The second-order valence-corrected chi connectivity index (χ2v) is 7.30. The van der Waals surface area contributed by atoms with Crippen molar-refractivity contribution in [3.8, 4) is 5.75 Å². The molecule has 5 heteroatoms. The fourth-order valence-corrected chi connectivity index (χ4v) is 3.50. The van der Waals surface area contributed by atoms with Gasteiger partial charge in [0.15, 0.2) is 0 Å². The molecule has 0 N–H and O–H groups in total. The molecule has 2 rings (SSSR count). The summed E-state index contributed by atoms with van der Waals surface area (Å²) in [6.45, 7) is 8.73. The van der Waals surface area contributed by atoms with Gasteiger partial charge in [0.1, 0.15) is 5.75 Å². The zero-order valence-corrected chi connectivity index (χ0v) is 16.1. The second-order valence-electron chi connectivity index (χ2n) is 7.30. The number of nitrogens with zero attached hydrogens (tertiary/aromatic N) is 3. The zero-order valence-electron chi connectivity index (χ0n) is 16.1. The molecule has 0 bridgehead atoms. The van der Waals surface area contributed by atoms with Crippen molar-refractivity contribution in [1.29, 1.82) is 0 Å². The smallest absolute Gasteiger partial charge is 0.226 e. The van der Waals surface area contributed by atoms with E-state index in [1.54, 1.807) is 0 Å². The summed E-state index contributed by atoms with van der Waals surface area (Å²) < 4.78 is 5.66. The van der Waals surface area contributed by atoms with Crippen LogP contribution in [0, 0.1) is 0 Å². The van der Waals surface area contributed by atoms with E-state index in [4.69, 9.17) is 4.74 Å². The summed E-state index contributed by atoms with van der Waals surface area (Å²) in [4.78, 5) is 19.3. The van der Waals surface area contributed by atoms with E-state index in [1.807, 2.05) is 35.2 Å². The molecule has 0 saturated carbocycles. The Kier molecular flexibility index (Phi) is 7.72. The Morgan fingerprint density at radius 3 is 2.40 bits per heavy atom. The highest BCUT2D eigenvalue weighted by atomic mass is 16.5. The van der Waals surface area contributed by atoms with Crippen molar-refractivity contribution in [2.45, 2.75) is 38.8 Å². The van der Waals surface area contributed by atoms with Crippen molar-refractivity contribution in [2.24, 2.45) is 0 Å². The Morgan fingerprint density at radius 1 is 1.16 bits per heavy atom. The molecule has 1 aromatic rings. The van der Waals surface area contributed by atoms with E-state index in [0.717, 1.165) is 31.9 Å². The Labute approximate surface area is 152 Å². The standard InChI is InChI=1S/C20H33N3O2/c1-17-15-22(16-18(2)23(17)13-8-12-21(3)4)20(24)11-14-25-19-9-6-5-7-10-19/h5-7,9-10,17-18H,8,11-16H2,1-4H3. The SMILES string of the molecule is CC1CN(C(=O)CCOc2ccccc2)CC(C)N1CCCN(C)C. The van der Waals surface area contributed by atoms with E-state index < -0.39 is 0 Å². The fraction of sp³-hybridized carbons (Fsp3) is 0.650. The summed E-state index contributed by atoms with van der Waals surface area (Å²) in [7, 11) is 4.22. The quantitative estimate of drug-likeness (QED) is 0.723. The third-order valence-corrected chi connectivity index (χ3v) is 4.80. The molecule has 2 atom stereocenters. The van der Waals surface area contributed by atoms with Crippen LogP contribution in [0.3, 0.4) is 0 Å². The number of piperazine rings is 1. The number of para-hydroxylation sites is 1. The van der Waals surface area contributed by atoms with Gasteiger partial charge in [-0.25, -0.2) is 0 Å². The normalized spacial score (nSPS) is 21.6. The number of amides is 1. The lowest BCUT2D eigenvalue weighted by Crippen LogP contribution is -2.58. The van der Waals surface area contributed by atoms with Crippen LogP contribution < -0.4 is 4.74 Å². The van der Waals surface area contributed by atoms with Crippen molar-refractivity contribution < 1.29 is 9.53 Å². The molecular formula is C20H33N3O2. The summed E-state index contributed by atoms with van der Waals surface area (Å²) >= 11 is 0. The molecule has 0 aliphatic carbocycles. The minimum Gasteiger partial charge on any atom is -0.493 e.